The van der Waals surface area contributed by atoms with Gasteiger partial charge in [0.25, 0.3) is 16.8 Å². The molecule has 0 aliphatic heterocycles. The van der Waals surface area contributed by atoms with Gasteiger partial charge >= 0.3 is 0 Å². The van der Waals surface area contributed by atoms with Crippen molar-refractivity contribution in [2.75, 3.05) is 0 Å². The molecule has 0 N–H and O–H groups in total. The summed E-state index contributed by atoms with van der Waals surface area (Å²) in [6.45, 7) is 0. The predicted octanol–water partition coefficient (Wildman–Crippen LogP) is 0.711. The highest BCUT2D eigenvalue weighted by Crippen LogP contribution is 2.17. The Labute approximate surface area is 151 Å². The number of hydrogen-bond donors (Lipinski definition) is 0. The minimum absolute atomic E-state index is 0.0788. The number of nitro benzene ring substituents is 1. The summed E-state index contributed by atoms with van der Waals surface area (Å²) in [4.78, 5) is 37.0. The molecular weight excluding hydrogens is 354 g/mol. The molecule has 0 spiro atoms. The van der Waals surface area contributed by atoms with Gasteiger partial charge in [-0.05, 0) is 29.7 Å². The molecule has 26 heavy (non-hydrogen) atoms. The standard InChI is InChI=1S/C18H15N3O4S/c1-19-15(10-12-6-3-4-8-14(12)21(24)25)17(22)20(2)16(18(19)23)11-13-7-5-9-26-13/h3-11H,1-2H3. The molecule has 1 aromatic carbocycles. The van der Waals surface area contributed by atoms with Crippen LogP contribution in [-0.4, -0.2) is 14.1 Å². The smallest absolute Gasteiger partial charge is 0.276 e. The maximum atomic E-state index is 12.8. The van der Waals surface area contributed by atoms with E-state index in [1.807, 2.05) is 17.5 Å². The van der Waals surface area contributed by atoms with E-state index in [1.165, 1.54) is 52.8 Å². The largest absolute Gasteiger partial charge is 0.305 e. The second-order valence-corrected chi connectivity index (χ2v) is 6.60. The first-order valence-corrected chi connectivity index (χ1v) is 8.54. The highest BCUT2D eigenvalue weighted by molar-refractivity contribution is 7.10. The highest BCUT2D eigenvalue weighted by Gasteiger charge is 2.12. The van der Waals surface area contributed by atoms with Gasteiger partial charge in [0.1, 0.15) is 10.7 Å². The van der Waals surface area contributed by atoms with Gasteiger partial charge in [-0.3, -0.25) is 19.7 Å². The molecule has 0 fully saturated rings. The van der Waals surface area contributed by atoms with E-state index in [1.54, 1.807) is 18.2 Å². The Balaban J connectivity index is 2.35. The van der Waals surface area contributed by atoms with Crippen molar-refractivity contribution < 1.29 is 4.92 Å². The van der Waals surface area contributed by atoms with E-state index in [9.17, 15) is 19.7 Å². The van der Waals surface area contributed by atoms with E-state index >= 15 is 0 Å². The zero-order chi connectivity index (χ0) is 18.8. The fourth-order valence-electron chi connectivity index (χ4n) is 2.60. The van der Waals surface area contributed by atoms with Crippen LogP contribution in [-0.2, 0) is 14.1 Å². The number of hydrogen-bond acceptors (Lipinski definition) is 5. The number of para-hydroxylation sites is 1. The second-order valence-electron chi connectivity index (χ2n) is 5.62. The first-order chi connectivity index (χ1) is 12.4. The van der Waals surface area contributed by atoms with Crippen LogP contribution in [0, 0.1) is 10.1 Å². The zero-order valence-corrected chi connectivity index (χ0v) is 14.9. The minimum Gasteiger partial charge on any atom is -0.305 e. The van der Waals surface area contributed by atoms with Crippen molar-refractivity contribution in [3.63, 3.8) is 0 Å². The predicted molar refractivity (Wildman–Crippen MR) is 101 cm³/mol. The van der Waals surface area contributed by atoms with Gasteiger partial charge in [0.15, 0.2) is 0 Å². The Kier molecular flexibility index (Phi) is 4.68. The van der Waals surface area contributed by atoms with Gasteiger partial charge in [-0.1, -0.05) is 18.2 Å². The summed E-state index contributed by atoms with van der Waals surface area (Å²) < 4.78 is 2.49. The molecule has 0 bridgehead atoms. The number of thiophene rings is 1. The van der Waals surface area contributed by atoms with Crippen molar-refractivity contribution in [1.82, 2.24) is 9.13 Å². The zero-order valence-electron chi connectivity index (χ0n) is 14.1. The fourth-order valence-corrected chi connectivity index (χ4v) is 3.25. The summed E-state index contributed by atoms with van der Waals surface area (Å²) in [7, 11) is 3.00. The summed E-state index contributed by atoms with van der Waals surface area (Å²) in [6, 6.07) is 9.78. The van der Waals surface area contributed by atoms with E-state index < -0.39 is 10.5 Å². The molecule has 0 amide bonds. The molecule has 0 saturated heterocycles. The Morgan fingerprint density at radius 2 is 1.58 bits per heavy atom. The molecule has 3 rings (SSSR count). The lowest BCUT2D eigenvalue weighted by Gasteiger charge is -2.05. The number of nitro groups is 1. The summed E-state index contributed by atoms with van der Waals surface area (Å²) in [5.74, 6) is 0. The van der Waals surface area contributed by atoms with Crippen LogP contribution in [0.15, 0.2) is 51.4 Å². The Bertz CT molecular complexity index is 1220. The minimum atomic E-state index is -0.520. The Morgan fingerprint density at radius 1 is 0.962 bits per heavy atom. The Morgan fingerprint density at radius 3 is 2.15 bits per heavy atom. The van der Waals surface area contributed by atoms with E-state index in [4.69, 9.17) is 0 Å². The van der Waals surface area contributed by atoms with Crippen molar-refractivity contribution in [3.05, 3.63) is 93.7 Å². The van der Waals surface area contributed by atoms with Crippen LogP contribution in [0.5, 0.6) is 0 Å². The number of benzene rings is 1. The summed E-state index contributed by atoms with van der Waals surface area (Å²) in [6.07, 6.45) is 3.03. The van der Waals surface area contributed by atoms with Crippen LogP contribution in [0.3, 0.4) is 0 Å². The second kappa shape index (κ2) is 6.93. The van der Waals surface area contributed by atoms with Crippen molar-refractivity contribution in [2.24, 2.45) is 14.1 Å². The summed E-state index contributed by atoms with van der Waals surface area (Å²) >= 11 is 1.46. The van der Waals surface area contributed by atoms with Gasteiger partial charge in [0.05, 0.1) is 10.5 Å². The van der Waals surface area contributed by atoms with Crippen molar-refractivity contribution in [1.29, 1.82) is 0 Å². The molecule has 7 nitrogen and oxygen atoms in total. The van der Waals surface area contributed by atoms with Crippen LogP contribution in [0.25, 0.3) is 12.2 Å². The monoisotopic (exact) mass is 369 g/mol. The SMILES string of the molecule is Cn1c(=O)c(=Cc2ccccc2[N+](=O)[O-])n(C)c(=O)c1=Cc1cccs1. The average Bonchev–Trinajstić information content (AvgIpc) is 3.14. The first-order valence-electron chi connectivity index (χ1n) is 7.66. The van der Waals surface area contributed by atoms with Crippen LogP contribution in [0.2, 0.25) is 0 Å². The van der Waals surface area contributed by atoms with Crippen LogP contribution in [0.1, 0.15) is 10.4 Å². The van der Waals surface area contributed by atoms with Gasteiger partial charge in [-0.2, -0.15) is 0 Å². The van der Waals surface area contributed by atoms with Gasteiger partial charge in [0.2, 0.25) is 0 Å². The lowest BCUT2D eigenvalue weighted by atomic mass is 10.1. The molecule has 0 aliphatic rings. The van der Waals surface area contributed by atoms with E-state index in [0.29, 0.717) is 0 Å². The fraction of sp³-hybridized carbons (Fsp3) is 0.111. The normalized spacial score (nSPS) is 12.5. The van der Waals surface area contributed by atoms with Crippen LogP contribution >= 0.6 is 11.3 Å². The van der Waals surface area contributed by atoms with Gasteiger partial charge < -0.3 is 9.13 Å². The molecule has 0 unspecified atom stereocenters. The third kappa shape index (κ3) is 3.14. The summed E-state index contributed by atoms with van der Waals surface area (Å²) in [5.41, 5.74) is -0.630. The topological polar surface area (TPSA) is 87.1 Å². The third-order valence-electron chi connectivity index (χ3n) is 4.02. The third-order valence-corrected chi connectivity index (χ3v) is 4.84. The molecule has 0 atom stereocenters. The number of nitrogens with zero attached hydrogens (tertiary/aromatic N) is 3. The van der Waals surface area contributed by atoms with E-state index in [0.717, 1.165) is 4.88 Å². The first kappa shape index (κ1) is 17.6. The van der Waals surface area contributed by atoms with Crippen molar-refractivity contribution in [2.45, 2.75) is 0 Å². The average molecular weight is 369 g/mol. The van der Waals surface area contributed by atoms with Crippen LogP contribution < -0.4 is 21.8 Å². The quantitative estimate of drug-likeness (QED) is 0.503. The number of rotatable bonds is 3. The van der Waals surface area contributed by atoms with Crippen molar-refractivity contribution >= 4 is 29.2 Å². The lowest BCUT2D eigenvalue weighted by molar-refractivity contribution is -0.385. The van der Waals surface area contributed by atoms with Crippen LogP contribution in [0.4, 0.5) is 5.69 Å². The molecule has 132 valence electrons. The molecule has 2 aromatic heterocycles. The highest BCUT2D eigenvalue weighted by atomic mass is 32.1. The van der Waals surface area contributed by atoms with Gasteiger partial charge in [-0.15, -0.1) is 11.3 Å². The molecular formula is C18H15N3O4S. The lowest BCUT2D eigenvalue weighted by Crippen LogP contribution is -2.56. The molecule has 8 heteroatoms. The molecule has 2 heterocycles. The molecule has 0 saturated carbocycles. The number of aromatic nitrogens is 2. The summed E-state index contributed by atoms with van der Waals surface area (Å²) in [5, 5.41) is 13.4. The molecule has 3 aromatic rings. The Hall–Kier alpha value is -3.26. The van der Waals surface area contributed by atoms with Crippen molar-refractivity contribution in [3.8, 4) is 0 Å². The van der Waals surface area contributed by atoms with E-state index in [-0.39, 0.29) is 27.5 Å². The maximum absolute atomic E-state index is 12.8. The van der Waals surface area contributed by atoms with E-state index in [2.05, 4.69) is 0 Å². The molecule has 0 radical (unpaired) electrons. The maximum Gasteiger partial charge on any atom is 0.276 e. The molecule has 0 aliphatic carbocycles. The van der Waals surface area contributed by atoms with Gasteiger partial charge in [-0.25, -0.2) is 0 Å². The van der Waals surface area contributed by atoms with Gasteiger partial charge in [0, 0.05) is 25.0 Å².